The average molecular weight is 434 g/mol. The highest BCUT2D eigenvalue weighted by atomic mass is 16.5. The summed E-state index contributed by atoms with van der Waals surface area (Å²) in [7, 11) is 0. The molecule has 0 atom stereocenters. The van der Waals surface area contributed by atoms with Gasteiger partial charge in [0.1, 0.15) is 0 Å². The predicted octanol–water partition coefficient (Wildman–Crippen LogP) is 7.90. The minimum Gasteiger partial charge on any atom is -0.356 e. The molecule has 0 radical (unpaired) electrons. The quantitative estimate of drug-likeness (QED) is 0.289. The van der Waals surface area contributed by atoms with Gasteiger partial charge in [0.2, 0.25) is 0 Å². The molecular weight excluding hydrogens is 406 g/mol. The molecule has 3 aromatic carbocycles. The number of aromatic nitrogens is 2. The molecule has 0 aliphatic carbocycles. The first-order valence-electron chi connectivity index (χ1n) is 11.2. The highest BCUT2D eigenvalue weighted by Crippen LogP contribution is 2.42. The van der Waals surface area contributed by atoms with Gasteiger partial charge in [-0.1, -0.05) is 41.6 Å². The van der Waals surface area contributed by atoms with Gasteiger partial charge in [-0.2, -0.15) is 0 Å². The van der Waals surface area contributed by atoms with Crippen LogP contribution in [0.3, 0.4) is 0 Å². The zero-order chi connectivity index (χ0) is 23.1. The molecule has 2 aromatic heterocycles. The summed E-state index contributed by atoms with van der Waals surface area (Å²) in [5.41, 5.74) is 12.1. The number of hydrogen-bond acceptors (Lipinski definition) is 4. The third-order valence-corrected chi connectivity index (χ3v) is 6.27. The van der Waals surface area contributed by atoms with Crippen molar-refractivity contribution >= 4 is 28.0 Å². The molecule has 0 saturated carbocycles. The molecule has 0 fully saturated rings. The van der Waals surface area contributed by atoms with Crippen LogP contribution in [0.4, 0.5) is 17.1 Å². The van der Waals surface area contributed by atoms with Crippen LogP contribution in [0.1, 0.15) is 27.9 Å². The summed E-state index contributed by atoms with van der Waals surface area (Å²) < 4.78 is 5.39. The molecule has 5 aromatic rings. The molecule has 5 rings (SSSR count). The second kappa shape index (κ2) is 8.21. The third-order valence-electron chi connectivity index (χ3n) is 6.27. The van der Waals surface area contributed by atoms with E-state index in [0.717, 1.165) is 33.6 Å². The molecule has 4 nitrogen and oxygen atoms in total. The van der Waals surface area contributed by atoms with Gasteiger partial charge in [0, 0.05) is 22.8 Å². The van der Waals surface area contributed by atoms with E-state index in [1.165, 1.54) is 33.6 Å². The smallest absolute Gasteiger partial charge is 0.167 e. The Morgan fingerprint density at radius 3 is 1.91 bits per heavy atom. The fraction of sp³-hybridized carbons (Fsp3) is 0.172. The fourth-order valence-corrected chi connectivity index (χ4v) is 4.62. The fourth-order valence-electron chi connectivity index (χ4n) is 4.62. The van der Waals surface area contributed by atoms with Crippen LogP contribution in [-0.4, -0.2) is 10.1 Å². The normalized spacial score (nSPS) is 11.2. The van der Waals surface area contributed by atoms with E-state index >= 15 is 0 Å². The lowest BCUT2D eigenvalue weighted by Crippen LogP contribution is -2.15. The molecule has 0 saturated heterocycles. The SMILES string of the molecule is Cc1cccc(C)c1N(c1ccnc(-c2ccc3onc(C)c3c2)c1)c1c(C)cccc1C. The lowest BCUT2D eigenvalue weighted by molar-refractivity contribution is 0.450. The van der Waals surface area contributed by atoms with Gasteiger partial charge in [0.25, 0.3) is 0 Å². The van der Waals surface area contributed by atoms with Crippen LogP contribution in [-0.2, 0) is 0 Å². The third kappa shape index (κ3) is 3.68. The van der Waals surface area contributed by atoms with E-state index in [9.17, 15) is 0 Å². The Bertz CT molecular complexity index is 1390. The number of nitrogens with zero attached hydrogens (tertiary/aromatic N) is 3. The van der Waals surface area contributed by atoms with E-state index in [1.54, 1.807) is 0 Å². The highest BCUT2D eigenvalue weighted by Gasteiger charge is 2.21. The summed E-state index contributed by atoms with van der Waals surface area (Å²) in [6.07, 6.45) is 1.89. The Hall–Kier alpha value is -3.92. The van der Waals surface area contributed by atoms with Gasteiger partial charge in [-0.3, -0.25) is 4.98 Å². The Kier molecular flexibility index (Phi) is 5.21. The lowest BCUT2D eigenvalue weighted by atomic mass is 10.0. The van der Waals surface area contributed by atoms with Crippen LogP contribution in [0.5, 0.6) is 0 Å². The minimum atomic E-state index is 0.792. The first-order chi connectivity index (χ1) is 15.9. The molecule has 0 amide bonds. The number of aryl methyl sites for hydroxylation is 5. The predicted molar refractivity (Wildman–Crippen MR) is 136 cm³/mol. The average Bonchev–Trinajstić information content (AvgIpc) is 3.18. The van der Waals surface area contributed by atoms with E-state index in [-0.39, 0.29) is 0 Å². The monoisotopic (exact) mass is 433 g/mol. The first kappa shape index (κ1) is 21.0. The van der Waals surface area contributed by atoms with Crippen LogP contribution < -0.4 is 4.90 Å². The lowest BCUT2D eigenvalue weighted by Gasteiger charge is -2.31. The number of fused-ring (bicyclic) bond motifs is 1. The van der Waals surface area contributed by atoms with Crippen molar-refractivity contribution in [3.63, 3.8) is 0 Å². The topological polar surface area (TPSA) is 42.2 Å². The molecule has 0 spiro atoms. The van der Waals surface area contributed by atoms with Gasteiger partial charge in [-0.05, 0) is 87.2 Å². The Labute approximate surface area is 194 Å². The number of hydrogen-bond donors (Lipinski definition) is 0. The van der Waals surface area contributed by atoms with Crippen molar-refractivity contribution in [2.45, 2.75) is 34.6 Å². The minimum absolute atomic E-state index is 0.792. The molecule has 0 N–H and O–H groups in total. The van der Waals surface area contributed by atoms with Crippen LogP contribution in [0.25, 0.3) is 22.2 Å². The van der Waals surface area contributed by atoms with Crippen LogP contribution in [0.2, 0.25) is 0 Å². The Balaban J connectivity index is 1.73. The van der Waals surface area contributed by atoms with E-state index in [0.29, 0.717) is 0 Å². The van der Waals surface area contributed by atoms with Crippen molar-refractivity contribution in [2.75, 3.05) is 4.90 Å². The molecule has 4 heteroatoms. The van der Waals surface area contributed by atoms with E-state index in [4.69, 9.17) is 9.51 Å². The van der Waals surface area contributed by atoms with E-state index in [2.05, 4.69) is 92.3 Å². The van der Waals surface area contributed by atoms with Gasteiger partial charge in [-0.25, -0.2) is 0 Å². The van der Waals surface area contributed by atoms with Crippen molar-refractivity contribution in [2.24, 2.45) is 0 Å². The largest absolute Gasteiger partial charge is 0.356 e. The highest BCUT2D eigenvalue weighted by molar-refractivity contribution is 5.87. The van der Waals surface area contributed by atoms with Crippen molar-refractivity contribution in [1.29, 1.82) is 0 Å². The number of benzene rings is 3. The molecule has 0 bridgehead atoms. The maximum atomic E-state index is 5.39. The number of rotatable bonds is 4. The van der Waals surface area contributed by atoms with Crippen LogP contribution >= 0.6 is 0 Å². The van der Waals surface area contributed by atoms with Gasteiger partial charge in [0.05, 0.1) is 22.8 Å². The maximum Gasteiger partial charge on any atom is 0.167 e. The molecular formula is C29H27N3O. The molecule has 164 valence electrons. The van der Waals surface area contributed by atoms with Crippen molar-refractivity contribution in [1.82, 2.24) is 10.1 Å². The molecule has 33 heavy (non-hydrogen) atoms. The number of para-hydroxylation sites is 2. The summed E-state index contributed by atoms with van der Waals surface area (Å²) in [5.74, 6) is 0. The Morgan fingerprint density at radius 2 is 1.30 bits per heavy atom. The summed E-state index contributed by atoms with van der Waals surface area (Å²) in [5, 5.41) is 5.11. The number of anilines is 3. The summed E-state index contributed by atoms with van der Waals surface area (Å²) >= 11 is 0. The van der Waals surface area contributed by atoms with Gasteiger partial charge in [-0.15, -0.1) is 0 Å². The molecule has 0 unspecified atom stereocenters. The molecule has 0 aliphatic heterocycles. The Morgan fingerprint density at radius 1 is 0.697 bits per heavy atom. The van der Waals surface area contributed by atoms with E-state index < -0.39 is 0 Å². The molecule has 2 heterocycles. The van der Waals surface area contributed by atoms with Crippen LogP contribution in [0, 0.1) is 34.6 Å². The van der Waals surface area contributed by atoms with Crippen molar-refractivity contribution in [3.05, 3.63) is 101 Å². The first-order valence-corrected chi connectivity index (χ1v) is 11.2. The second-order valence-electron chi connectivity index (χ2n) is 8.69. The second-order valence-corrected chi connectivity index (χ2v) is 8.69. The van der Waals surface area contributed by atoms with Crippen LogP contribution in [0.15, 0.2) is 77.4 Å². The van der Waals surface area contributed by atoms with Crippen molar-refractivity contribution in [3.8, 4) is 11.3 Å². The van der Waals surface area contributed by atoms with E-state index in [1.807, 2.05) is 25.3 Å². The van der Waals surface area contributed by atoms with Gasteiger partial charge in [0.15, 0.2) is 5.58 Å². The van der Waals surface area contributed by atoms with Gasteiger partial charge >= 0.3 is 0 Å². The summed E-state index contributed by atoms with van der Waals surface area (Å²) in [6.45, 7) is 10.7. The molecule has 0 aliphatic rings. The van der Waals surface area contributed by atoms with Crippen molar-refractivity contribution < 1.29 is 4.52 Å². The zero-order valence-corrected chi connectivity index (χ0v) is 19.7. The standard InChI is InChI=1S/C29H27N3O/c1-18-8-6-9-19(2)28(18)32(29-20(3)10-7-11-21(29)4)24-14-15-30-26(17-24)23-12-13-27-25(16-23)22(5)31-33-27/h6-17H,1-5H3. The summed E-state index contributed by atoms with van der Waals surface area (Å²) in [6, 6.07) is 23.3. The van der Waals surface area contributed by atoms with Gasteiger partial charge < -0.3 is 9.42 Å². The zero-order valence-electron chi connectivity index (χ0n) is 19.7. The summed E-state index contributed by atoms with van der Waals surface area (Å²) in [4.78, 5) is 7.09. The number of pyridine rings is 1. The maximum absolute atomic E-state index is 5.39.